The number of nitrogens with zero attached hydrogens (tertiary/aromatic N) is 4. The average molecular weight is 538 g/mol. The zero-order valence-corrected chi connectivity index (χ0v) is 20.7. The highest BCUT2D eigenvalue weighted by atomic mass is 127. The van der Waals surface area contributed by atoms with E-state index in [1.165, 1.54) is 27.4 Å². The molecule has 2 aromatic heterocycles. The molecule has 0 bridgehead atoms. The van der Waals surface area contributed by atoms with Gasteiger partial charge in [-0.25, -0.2) is 4.98 Å². The Hall–Kier alpha value is -2.32. The molecule has 0 fully saturated rings. The summed E-state index contributed by atoms with van der Waals surface area (Å²) in [5, 5.41) is 12.2. The average Bonchev–Trinajstić information content (AvgIpc) is 3.31. The largest absolute Gasteiger partial charge is 0.344 e. The SMILES string of the molecule is CCC(CC)c1ccc(N=Nc2nc3cc4c(cc3s2)c2ccccc2n4C)c(I)c1. The van der Waals surface area contributed by atoms with Crippen LogP contribution in [-0.2, 0) is 7.05 Å². The molecule has 0 N–H and O–H groups in total. The first-order valence-corrected chi connectivity index (χ1v) is 12.5. The minimum atomic E-state index is 0.606. The number of aromatic nitrogens is 2. The van der Waals surface area contributed by atoms with Gasteiger partial charge in [0.15, 0.2) is 0 Å². The van der Waals surface area contributed by atoms with E-state index < -0.39 is 0 Å². The molecule has 3 aromatic carbocycles. The van der Waals surface area contributed by atoms with Crippen molar-refractivity contribution in [3.63, 3.8) is 0 Å². The fourth-order valence-corrected chi connectivity index (χ4v) is 5.78. The fraction of sp³-hybridized carbons (Fsp3) is 0.240. The van der Waals surface area contributed by atoms with Gasteiger partial charge in [-0.3, -0.25) is 0 Å². The van der Waals surface area contributed by atoms with E-state index in [4.69, 9.17) is 4.98 Å². The number of halogens is 1. The fourth-order valence-electron chi connectivity index (χ4n) is 4.33. The lowest BCUT2D eigenvalue weighted by Gasteiger charge is -2.13. The van der Waals surface area contributed by atoms with Crippen LogP contribution in [-0.4, -0.2) is 9.55 Å². The molecule has 0 spiro atoms. The predicted octanol–water partition coefficient (Wildman–Crippen LogP) is 8.86. The zero-order chi connectivity index (χ0) is 21.5. The van der Waals surface area contributed by atoms with Crippen molar-refractivity contribution in [3.8, 4) is 0 Å². The molecule has 2 heterocycles. The predicted molar refractivity (Wildman–Crippen MR) is 140 cm³/mol. The molecular formula is C25H23IN4S. The summed E-state index contributed by atoms with van der Waals surface area (Å²) in [5.74, 6) is 0.606. The molecule has 0 radical (unpaired) electrons. The Kier molecular flexibility index (Phi) is 5.52. The molecule has 5 rings (SSSR count). The van der Waals surface area contributed by atoms with Gasteiger partial charge in [0, 0.05) is 26.9 Å². The molecule has 6 heteroatoms. The smallest absolute Gasteiger partial charge is 0.231 e. The topological polar surface area (TPSA) is 42.5 Å². The molecule has 31 heavy (non-hydrogen) atoms. The molecule has 0 atom stereocenters. The van der Waals surface area contributed by atoms with Crippen molar-refractivity contribution >= 4 is 76.8 Å². The van der Waals surface area contributed by atoms with Crippen LogP contribution in [0.4, 0.5) is 10.8 Å². The van der Waals surface area contributed by atoms with Crippen molar-refractivity contribution in [1.29, 1.82) is 0 Å². The molecule has 0 aliphatic carbocycles. The molecule has 0 unspecified atom stereocenters. The lowest BCUT2D eigenvalue weighted by atomic mass is 9.94. The summed E-state index contributed by atoms with van der Waals surface area (Å²) in [6.07, 6.45) is 2.31. The van der Waals surface area contributed by atoms with Gasteiger partial charge in [-0.2, -0.15) is 0 Å². The number of fused-ring (bicyclic) bond motifs is 4. The maximum absolute atomic E-state index is 4.73. The Morgan fingerprint density at radius 2 is 1.77 bits per heavy atom. The number of rotatable bonds is 5. The van der Waals surface area contributed by atoms with Crippen molar-refractivity contribution in [1.82, 2.24) is 9.55 Å². The highest BCUT2D eigenvalue weighted by molar-refractivity contribution is 14.1. The number of azo groups is 1. The van der Waals surface area contributed by atoms with Gasteiger partial charge >= 0.3 is 0 Å². The molecule has 0 amide bonds. The lowest BCUT2D eigenvalue weighted by Crippen LogP contribution is -1.95. The summed E-state index contributed by atoms with van der Waals surface area (Å²) in [6, 6.07) is 19.4. The summed E-state index contributed by atoms with van der Waals surface area (Å²) >= 11 is 3.94. The number of para-hydroxylation sites is 1. The maximum atomic E-state index is 4.73. The molecule has 4 nitrogen and oxygen atoms in total. The first-order chi connectivity index (χ1) is 15.1. The van der Waals surface area contributed by atoms with Crippen LogP contribution in [0.2, 0.25) is 0 Å². The molecule has 0 aliphatic heterocycles. The lowest BCUT2D eigenvalue weighted by molar-refractivity contribution is 0.641. The van der Waals surface area contributed by atoms with Crippen molar-refractivity contribution in [2.45, 2.75) is 32.6 Å². The van der Waals surface area contributed by atoms with Crippen LogP contribution in [0, 0.1) is 3.57 Å². The second kappa shape index (κ2) is 8.31. The normalized spacial score (nSPS) is 12.3. The van der Waals surface area contributed by atoms with E-state index in [0.717, 1.165) is 32.3 Å². The van der Waals surface area contributed by atoms with E-state index in [-0.39, 0.29) is 0 Å². The Balaban J connectivity index is 1.50. The monoisotopic (exact) mass is 538 g/mol. The molecule has 0 aliphatic rings. The van der Waals surface area contributed by atoms with Crippen molar-refractivity contribution in [2.75, 3.05) is 0 Å². The van der Waals surface area contributed by atoms with Crippen LogP contribution in [0.25, 0.3) is 32.0 Å². The Morgan fingerprint density at radius 1 is 0.968 bits per heavy atom. The summed E-state index contributed by atoms with van der Waals surface area (Å²) < 4.78 is 4.50. The minimum absolute atomic E-state index is 0.606. The Morgan fingerprint density at radius 3 is 2.55 bits per heavy atom. The van der Waals surface area contributed by atoms with E-state index in [9.17, 15) is 0 Å². The van der Waals surface area contributed by atoms with Crippen LogP contribution < -0.4 is 0 Å². The third-order valence-electron chi connectivity index (χ3n) is 6.08. The van der Waals surface area contributed by atoms with Gasteiger partial charge in [0.1, 0.15) is 0 Å². The van der Waals surface area contributed by atoms with Crippen LogP contribution in [0.1, 0.15) is 38.2 Å². The van der Waals surface area contributed by atoms with Gasteiger partial charge in [0.2, 0.25) is 5.13 Å². The maximum Gasteiger partial charge on any atom is 0.231 e. The van der Waals surface area contributed by atoms with E-state index >= 15 is 0 Å². The van der Waals surface area contributed by atoms with E-state index in [1.54, 1.807) is 11.3 Å². The summed E-state index contributed by atoms with van der Waals surface area (Å²) in [7, 11) is 2.11. The van der Waals surface area contributed by atoms with Crippen LogP contribution in [0.15, 0.2) is 64.8 Å². The van der Waals surface area contributed by atoms with Gasteiger partial charge in [-0.05, 0) is 77.2 Å². The van der Waals surface area contributed by atoms with Gasteiger partial charge in [0.25, 0.3) is 0 Å². The molecule has 5 aromatic rings. The molecular weight excluding hydrogens is 515 g/mol. The van der Waals surface area contributed by atoms with Gasteiger partial charge < -0.3 is 4.57 Å². The van der Waals surface area contributed by atoms with E-state index in [0.29, 0.717) is 11.0 Å². The third-order valence-corrected chi connectivity index (χ3v) is 7.85. The summed E-state index contributed by atoms with van der Waals surface area (Å²) in [6.45, 7) is 4.49. The summed E-state index contributed by atoms with van der Waals surface area (Å²) in [4.78, 5) is 4.73. The van der Waals surface area contributed by atoms with E-state index in [1.807, 2.05) is 0 Å². The highest BCUT2D eigenvalue weighted by Crippen LogP contribution is 2.37. The van der Waals surface area contributed by atoms with Gasteiger partial charge in [-0.15, -0.1) is 10.2 Å². The zero-order valence-electron chi connectivity index (χ0n) is 17.8. The second-order valence-corrected chi connectivity index (χ2v) is 10.0. The van der Waals surface area contributed by atoms with Crippen molar-refractivity contribution in [3.05, 3.63) is 63.7 Å². The van der Waals surface area contributed by atoms with Crippen LogP contribution in [0.5, 0.6) is 0 Å². The van der Waals surface area contributed by atoms with Crippen molar-refractivity contribution < 1.29 is 0 Å². The first kappa shape index (κ1) is 20.6. The summed E-state index contributed by atoms with van der Waals surface area (Å²) in [5.41, 5.74) is 5.67. The van der Waals surface area contributed by atoms with Crippen LogP contribution in [0.3, 0.4) is 0 Å². The van der Waals surface area contributed by atoms with Crippen LogP contribution >= 0.6 is 33.9 Å². The first-order valence-electron chi connectivity index (χ1n) is 10.6. The van der Waals surface area contributed by atoms with Gasteiger partial charge in [0.05, 0.1) is 21.4 Å². The minimum Gasteiger partial charge on any atom is -0.344 e. The third kappa shape index (κ3) is 3.65. The molecule has 0 saturated carbocycles. The number of hydrogen-bond acceptors (Lipinski definition) is 4. The quantitative estimate of drug-likeness (QED) is 0.163. The highest BCUT2D eigenvalue weighted by Gasteiger charge is 2.12. The molecule has 0 saturated heterocycles. The second-order valence-electron chi connectivity index (χ2n) is 7.83. The molecule has 156 valence electrons. The standard InChI is InChI=1S/C25H23IN4S/c1-4-15(5-2)16-10-11-20(19(26)12-16)28-29-25-27-21-14-23-18(13-24(21)31-25)17-8-6-7-9-22(17)30(23)3/h6-15H,4-5H2,1-3H3. The van der Waals surface area contributed by atoms with E-state index in [2.05, 4.69) is 113 Å². The number of aryl methyl sites for hydroxylation is 1. The Labute approximate surface area is 199 Å². The van der Waals surface area contributed by atoms with Crippen molar-refractivity contribution in [2.24, 2.45) is 17.3 Å². The Bertz CT molecular complexity index is 1440. The number of thiazole rings is 1. The number of benzene rings is 3. The van der Waals surface area contributed by atoms with Gasteiger partial charge in [-0.1, -0.05) is 49.4 Å². The number of hydrogen-bond donors (Lipinski definition) is 0.